The van der Waals surface area contributed by atoms with Gasteiger partial charge in [0.05, 0.1) is 16.9 Å². The summed E-state index contributed by atoms with van der Waals surface area (Å²) in [4.78, 5) is 3.72. The van der Waals surface area contributed by atoms with Crippen LogP contribution in [-0.2, 0) is 0 Å². The van der Waals surface area contributed by atoms with Gasteiger partial charge in [-0.15, -0.1) is 0 Å². The van der Waals surface area contributed by atoms with Crippen LogP contribution in [-0.4, -0.2) is 9.55 Å². The molecule has 1 aliphatic carbocycles. The van der Waals surface area contributed by atoms with Crippen molar-refractivity contribution >= 4 is 44.7 Å². The molecule has 0 radical (unpaired) electrons. The highest BCUT2D eigenvalue weighted by Crippen LogP contribution is 2.50. The summed E-state index contributed by atoms with van der Waals surface area (Å²) in [6.07, 6.45) is 6.23. The lowest BCUT2D eigenvalue weighted by Gasteiger charge is -2.11. The normalized spacial score (nSPS) is 11.4. The van der Waals surface area contributed by atoms with E-state index in [9.17, 15) is 0 Å². The molecule has 0 unspecified atom stereocenters. The molecule has 0 aliphatic heterocycles. The van der Waals surface area contributed by atoms with Crippen molar-refractivity contribution in [2.45, 2.75) is 34.6 Å². The van der Waals surface area contributed by atoms with Crippen LogP contribution < -0.4 is 0 Å². The molecule has 214 valence electrons. The molecular formula is C41H40N2. The first-order valence-corrected chi connectivity index (χ1v) is 15.4. The molecule has 0 atom stereocenters. The Labute approximate surface area is 256 Å². The summed E-state index contributed by atoms with van der Waals surface area (Å²) in [7, 11) is 0. The van der Waals surface area contributed by atoms with Crippen molar-refractivity contribution < 1.29 is 1.43 Å². The molecule has 1 aliphatic rings. The summed E-state index contributed by atoms with van der Waals surface area (Å²) in [6, 6.07) is 37.5. The smallest absolute Gasteiger partial charge is 0.0551 e. The van der Waals surface area contributed by atoms with E-state index in [-0.39, 0.29) is 1.43 Å². The molecular weight excluding hydrogens is 520 g/mol. The maximum Gasteiger partial charge on any atom is 0.0551 e. The fourth-order valence-electron chi connectivity index (χ4n) is 6.51. The largest absolute Gasteiger partial charge is 0.354 e. The van der Waals surface area contributed by atoms with Gasteiger partial charge in [0.25, 0.3) is 0 Å². The number of allylic oxidation sites excluding steroid dienone is 1. The molecule has 2 heteroatoms. The second-order valence-corrected chi connectivity index (χ2v) is 10.2. The first kappa shape index (κ1) is 28.1. The van der Waals surface area contributed by atoms with Crippen molar-refractivity contribution in [3.05, 3.63) is 127 Å². The van der Waals surface area contributed by atoms with E-state index in [2.05, 4.69) is 138 Å². The summed E-state index contributed by atoms with van der Waals surface area (Å²) in [5.41, 5.74) is 13.4. The van der Waals surface area contributed by atoms with E-state index >= 15 is 0 Å². The Bertz CT molecular complexity index is 2130. The van der Waals surface area contributed by atoms with Gasteiger partial charge in [0, 0.05) is 40.1 Å². The van der Waals surface area contributed by atoms with Crippen molar-refractivity contribution in [2.75, 3.05) is 0 Å². The van der Waals surface area contributed by atoms with Crippen LogP contribution >= 0.6 is 0 Å². The van der Waals surface area contributed by atoms with Gasteiger partial charge in [-0.1, -0.05) is 119 Å². The third-order valence-corrected chi connectivity index (χ3v) is 8.18. The van der Waals surface area contributed by atoms with E-state index in [4.69, 9.17) is 0 Å². The summed E-state index contributed by atoms with van der Waals surface area (Å²) < 4.78 is 2.33. The number of benzene rings is 5. The molecule has 0 bridgehead atoms. The SMILES string of the molecule is C=Cc1c(/C=C\C)n(-c2ccc(-c3ccc4[nH]c5c(c4c3)-c3cccc4cccc-5c34)cc2)c2ccccc12.CC.CC.[HH]. The van der Waals surface area contributed by atoms with Crippen LogP contribution in [0.1, 0.15) is 47.3 Å². The maximum absolute atomic E-state index is 4.11. The number of para-hydroxylation sites is 1. The highest BCUT2D eigenvalue weighted by atomic mass is 15.0. The van der Waals surface area contributed by atoms with Crippen LogP contribution in [0.2, 0.25) is 0 Å². The molecule has 2 aromatic heterocycles. The Balaban J connectivity index is 0.000000740. The Kier molecular flexibility index (Phi) is 7.61. The van der Waals surface area contributed by atoms with Gasteiger partial charge in [0.15, 0.2) is 0 Å². The van der Waals surface area contributed by atoms with Crippen molar-refractivity contribution in [3.8, 4) is 39.2 Å². The predicted octanol–water partition coefficient (Wildman–Crippen LogP) is 12.6. The van der Waals surface area contributed by atoms with Crippen LogP contribution in [0.25, 0.3) is 83.9 Å². The van der Waals surface area contributed by atoms with E-state index in [1.54, 1.807) is 0 Å². The van der Waals surface area contributed by atoms with E-state index in [1.165, 1.54) is 66.1 Å². The molecule has 43 heavy (non-hydrogen) atoms. The van der Waals surface area contributed by atoms with Crippen molar-refractivity contribution in [3.63, 3.8) is 0 Å². The Hall–Kier alpha value is -5.08. The molecule has 0 saturated heterocycles. The van der Waals surface area contributed by atoms with Crippen LogP contribution in [0.5, 0.6) is 0 Å². The lowest BCUT2D eigenvalue weighted by molar-refractivity contribution is 1.10. The van der Waals surface area contributed by atoms with Gasteiger partial charge in [-0.2, -0.15) is 0 Å². The van der Waals surface area contributed by atoms with E-state index < -0.39 is 0 Å². The number of nitrogens with zero attached hydrogens (tertiary/aromatic N) is 1. The van der Waals surface area contributed by atoms with Gasteiger partial charge in [-0.25, -0.2) is 0 Å². The van der Waals surface area contributed by atoms with Crippen molar-refractivity contribution in [1.29, 1.82) is 0 Å². The zero-order chi connectivity index (χ0) is 30.1. The number of nitrogens with one attached hydrogen (secondary N) is 1. The van der Waals surface area contributed by atoms with E-state index in [0.29, 0.717) is 0 Å². The van der Waals surface area contributed by atoms with Crippen LogP contribution in [0.15, 0.2) is 116 Å². The van der Waals surface area contributed by atoms with Gasteiger partial charge in [-0.3, -0.25) is 0 Å². The zero-order valence-corrected chi connectivity index (χ0v) is 25.7. The predicted molar refractivity (Wildman–Crippen MR) is 192 cm³/mol. The lowest BCUT2D eigenvalue weighted by atomic mass is 9.99. The zero-order valence-electron chi connectivity index (χ0n) is 25.7. The summed E-state index contributed by atoms with van der Waals surface area (Å²) in [5, 5.41) is 5.14. The number of hydrogen-bond acceptors (Lipinski definition) is 0. The van der Waals surface area contributed by atoms with E-state index in [1.807, 2.05) is 33.8 Å². The van der Waals surface area contributed by atoms with Gasteiger partial charge < -0.3 is 9.55 Å². The number of hydrogen-bond donors (Lipinski definition) is 1. The monoisotopic (exact) mass is 560 g/mol. The molecule has 0 saturated carbocycles. The topological polar surface area (TPSA) is 20.7 Å². The second kappa shape index (κ2) is 11.7. The summed E-state index contributed by atoms with van der Waals surface area (Å²) in [5.74, 6) is 0. The third kappa shape index (κ3) is 4.33. The molecule has 7 aromatic rings. The quantitative estimate of drug-likeness (QED) is 0.221. The Morgan fingerprint density at radius 1 is 0.721 bits per heavy atom. The molecule has 2 nitrogen and oxygen atoms in total. The van der Waals surface area contributed by atoms with Crippen molar-refractivity contribution in [1.82, 2.24) is 9.55 Å². The van der Waals surface area contributed by atoms with Gasteiger partial charge in [0.1, 0.15) is 0 Å². The number of rotatable bonds is 4. The van der Waals surface area contributed by atoms with Gasteiger partial charge >= 0.3 is 0 Å². The minimum Gasteiger partial charge on any atom is -0.354 e. The highest BCUT2D eigenvalue weighted by Gasteiger charge is 2.25. The molecule has 0 amide bonds. The summed E-state index contributed by atoms with van der Waals surface area (Å²) >= 11 is 0. The average molecular weight is 561 g/mol. The third-order valence-electron chi connectivity index (χ3n) is 8.18. The average Bonchev–Trinajstić information content (AvgIpc) is 3.71. The standard InChI is InChI=1S/C37H26N2.2C2H6.H2/c1-3-9-33-27(4-2)28-12-5-6-15-34(28)39(33)26-19-16-23(17-20-26)25-18-21-32-31(22-25)36-29-13-7-10-24-11-8-14-30(35(24)29)37(36)38-32;2*1-2;/h3-22,38H,2H2,1H3;2*1-2H3;1H/b9-3-;;;. The maximum atomic E-state index is 4.11. The number of fused-ring (bicyclic) bond motifs is 6. The minimum atomic E-state index is 0. The fraction of sp³-hybridized carbons (Fsp3) is 0.122. The molecule has 0 spiro atoms. The van der Waals surface area contributed by atoms with E-state index in [0.717, 1.165) is 16.9 Å². The molecule has 2 heterocycles. The van der Waals surface area contributed by atoms with Crippen LogP contribution in [0.3, 0.4) is 0 Å². The second-order valence-electron chi connectivity index (χ2n) is 10.2. The number of aromatic nitrogens is 2. The Morgan fingerprint density at radius 2 is 1.42 bits per heavy atom. The Morgan fingerprint density at radius 3 is 2.14 bits per heavy atom. The fourth-order valence-corrected chi connectivity index (χ4v) is 6.51. The summed E-state index contributed by atoms with van der Waals surface area (Å²) in [6.45, 7) is 14.2. The first-order chi connectivity index (χ1) is 21.3. The molecule has 1 N–H and O–H groups in total. The molecule has 5 aromatic carbocycles. The van der Waals surface area contributed by atoms with Crippen LogP contribution in [0.4, 0.5) is 0 Å². The lowest BCUT2D eigenvalue weighted by Crippen LogP contribution is -1.97. The molecule has 8 rings (SSSR count). The molecule has 0 fully saturated rings. The number of H-pyrrole nitrogens is 1. The number of aromatic amines is 1. The van der Waals surface area contributed by atoms with Crippen LogP contribution in [0, 0.1) is 0 Å². The van der Waals surface area contributed by atoms with Gasteiger partial charge in [-0.05, 0) is 70.8 Å². The first-order valence-electron chi connectivity index (χ1n) is 15.4. The van der Waals surface area contributed by atoms with Crippen molar-refractivity contribution in [2.24, 2.45) is 0 Å². The highest BCUT2D eigenvalue weighted by molar-refractivity contribution is 6.21. The van der Waals surface area contributed by atoms with Gasteiger partial charge in [0.2, 0.25) is 0 Å². The minimum absolute atomic E-state index is 0.